The molecule has 0 fully saturated rings. The van der Waals surface area contributed by atoms with Crippen molar-refractivity contribution in [2.24, 2.45) is 7.05 Å². The zero-order chi connectivity index (χ0) is 20.9. The number of hydrogen-bond donors (Lipinski definition) is 1. The molecule has 0 atom stereocenters. The van der Waals surface area contributed by atoms with Crippen molar-refractivity contribution in [3.05, 3.63) is 83.9 Å². The van der Waals surface area contributed by atoms with Gasteiger partial charge in [0.2, 0.25) is 5.91 Å². The summed E-state index contributed by atoms with van der Waals surface area (Å²) in [6.07, 6.45) is 0. The topological polar surface area (TPSA) is 59.8 Å². The van der Waals surface area contributed by atoms with Crippen LogP contribution in [0, 0.1) is 0 Å². The minimum absolute atomic E-state index is 0.102. The zero-order valence-corrected chi connectivity index (χ0v) is 17.8. The second-order valence-corrected chi connectivity index (χ2v) is 7.97. The Morgan fingerprint density at radius 1 is 0.933 bits per heavy atom. The van der Waals surface area contributed by atoms with E-state index in [1.807, 2.05) is 78.3 Å². The quantitative estimate of drug-likeness (QED) is 0.405. The summed E-state index contributed by atoms with van der Waals surface area (Å²) in [5.74, 6) is 0.796. The predicted molar refractivity (Wildman–Crippen MR) is 123 cm³/mol. The van der Waals surface area contributed by atoms with Crippen LogP contribution in [0.3, 0.4) is 0 Å². The molecule has 0 bridgehead atoms. The van der Waals surface area contributed by atoms with Crippen molar-refractivity contribution in [1.29, 1.82) is 0 Å². The van der Waals surface area contributed by atoms with E-state index in [9.17, 15) is 4.79 Å². The second-order valence-electron chi connectivity index (χ2n) is 6.63. The molecule has 0 aliphatic rings. The Morgan fingerprint density at radius 3 is 2.33 bits per heavy atom. The van der Waals surface area contributed by atoms with E-state index in [1.165, 1.54) is 11.8 Å². The van der Waals surface area contributed by atoms with Gasteiger partial charge < -0.3 is 9.88 Å². The van der Waals surface area contributed by atoms with Gasteiger partial charge in [-0.15, -0.1) is 10.2 Å². The lowest BCUT2D eigenvalue weighted by Gasteiger charge is -2.07. The van der Waals surface area contributed by atoms with Crippen molar-refractivity contribution in [2.45, 2.75) is 5.16 Å². The fraction of sp³-hybridized carbons (Fsp3) is 0.0870. The van der Waals surface area contributed by atoms with Gasteiger partial charge in [-0.25, -0.2) is 0 Å². The molecule has 1 aromatic heterocycles. The van der Waals surface area contributed by atoms with E-state index in [-0.39, 0.29) is 11.7 Å². The molecule has 7 heteroatoms. The van der Waals surface area contributed by atoms with Crippen LogP contribution in [0.25, 0.3) is 22.5 Å². The molecule has 0 radical (unpaired) electrons. The fourth-order valence-electron chi connectivity index (χ4n) is 3.02. The van der Waals surface area contributed by atoms with Crippen LogP contribution in [0.4, 0.5) is 5.69 Å². The van der Waals surface area contributed by atoms with Crippen LogP contribution in [0.5, 0.6) is 0 Å². The maximum absolute atomic E-state index is 12.4. The molecule has 1 N–H and O–H groups in total. The molecule has 150 valence electrons. The molecule has 4 rings (SSSR count). The molecular weight excluding hydrogens is 416 g/mol. The van der Waals surface area contributed by atoms with Gasteiger partial charge in [-0.3, -0.25) is 4.79 Å². The third kappa shape index (κ3) is 4.56. The molecule has 0 spiro atoms. The summed E-state index contributed by atoms with van der Waals surface area (Å²) in [4.78, 5) is 12.4. The number of benzene rings is 3. The predicted octanol–water partition coefficient (Wildman–Crippen LogP) is 5.53. The summed E-state index contributed by atoms with van der Waals surface area (Å²) >= 11 is 7.59. The van der Waals surface area contributed by atoms with E-state index in [4.69, 9.17) is 11.6 Å². The van der Waals surface area contributed by atoms with Gasteiger partial charge >= 0.3 is 0 Å². The van der Waals surface area contributed by atoms with Crippen LogP contribution >= 0.6 is 23.4 Å². The first kappa shape index (κ1) is 20.2. The van der Waals surface area contributed by atoms with E-state index in [1.54, 1.807) is 0 Å². The number of thioether (sulfide) groups is 1. The molecule has 4 aromatic rings. The lowest BCUT2D eigenvalue weighted by Crippen LogP contribution is -2.14. The molecular formula is C23H19ClN4OS. The van der Waals surface area contributed by atoms with E-state index in [0.717, 1.165) is 22.4 Å². The van der Waals surface area contributed by atoms with Crippen LogP contribution in [0.2, 0.25) is 5.02 Å². The summed E-state index contributed by atoms with van der Waals surface area (Å²) in [5, 5.41) is 12.6. The standard InChI is InChI=1S/C23H19ClN4OS/c1-28-22(19-9-5-6-10-20(19)24)26-27-23(28)30-15-21(29)25-18-13-11-17(12-14-18)16-7-3-2-4-8-16/h2-14H,15H2,1H3,(H,25,29). The van der Waals surface area contributed by atoms with Crippen LogP contribution in [-0.4, -0.2) is 26.4 Å². The number of rotatable bonds is 6. The third-order valence-electron chi connectivity index (χ3n) is 4.56. The number of aromatic nitrogens is 3. The van der Waals surface area contributed by atoms with E-state index in [2.05, 4.69) is 27.6 Å². The number of anilines is 1. The lowest BCUT2D eigenvalue weighted by molar-refractivity contribution is -0.113. The maximum atomic E-state index is 12.4. The highest BCUT2D eigenvalue weighted by molar-refractivity contribution is 7.99. The lowest BCUT2D eigenvalue weighted by atomic mass is 10.1. The maximum Gasteiger partial charge on any atom is 0.234 e. The van der Waals surface area contributed by atoms with Gasteiger partial charge in [-0.05, 0) is 35.4 Å². The van der Waals surface area contributed by atoms with Crippen LogP contribution in [0.1, 0.15) is 0 Å². The molecule has 30 heavy (non-hydrogen) atoms. The average Bonchev–Trinajstić information content (AvgIpc) is 3.14. The van der Waals surface area contributed by atoms with Gasteiger partial charge in [0.1, 0.15) is 0 Å². The van der Waals surface area contributed by atoms with Crippen molar-refractivity contribution in [2.75, 3.05) is 11.1 Å². The highest BCUT2D eigenvalue weighted by atomic mass is 35.5. The van der Waals surface area contributed by atoms with E-state index >= 15 is 0 Å². The minimum atomic E-state index is -0.102. The van der Waals surface area contributed by atoms with E-state index in [0.29, 0.717) is 16.0 Å². The molecule has 1 heterocycles. The van der Waals surface area contributed by atoms with Gasteiger partial charge in [-0.1, -0.05) is 78.0 Å². The van der Waals surface area contributed by atoms with Crippen LogP contribution in [0.15, 0.2) is 84.0 Å². The Morgan fingerprint density at radius 2 is 1.60 bits per heavy atom. The SMILES string of the molecule is Cn1c(SCC(=O)Nc2ccc(-c3ccccc3)cc2)nnc1-c1ccccc1Cl. The Balaban J connectivity index is 1.37. The van der Waals surface area contributed by atoms with Crippen molar-refractivity contribution < 1.29 is 4.79 Å². The number of hydrogen-bond acceptors (Lipinski definition) is 4. The van der Waals surface area contributed by atoms with E-state index < -0.39 is 0 Å². The molecule has 0 unspecified atom stereocenters. The monoisotopic (exact) mass is 434 g/mol. The molecule has 5 nitrogen and oxygen atoms in total. The minimum Gasteiger partial charge on any atom is -0.325 e. The highest BCUT2D eigenvalue weighted by Crippen LogP contribution is 2.28. The van der Waals surface area contributed by atoms with Gasteiger partial charge in [0.25, 0.3) is 0 Å². The van der Waals surface area contributed by atoms with Gasteiger partial charge in [-0.2, -0.15) is 0 Å². The number of nitrogens with zero attached hydrogens (tertiary/aromatic N) is 3. The molecule has 0 saturated heterocycles. The molecule has 0 saturated carbocycles. The van der Waals surface area contributed by atoms with Crippen molar-refractivity contribution in [3.8, 4) is 22.5 Å². The van der Waals surface area contributed by atoms with Crippen molar-refractivity contribution >= 4 is 35.0 Å². The Kier molecular flexibility index (Phi) is 6.16. The molecule has 0 aliphatic heterocycles. The van der Waals surface area contributed by atoms with Crippen molar-refractivity contribution in [1.82, 2.24) is 14.8 Å². The van der Waals surface area contributed by atoms with Crippen LogP contribution < -0.4 is 5.32 Å². The Bertz CT molecular complexity index is 1160. The normalized spacial score (nSPS) is 10.7. The summed E-state index contributed by atoms with van der Waals surface area (Å²) in [7, 11) is 1.86. The van der Waals surface area contributed by atoms with Gasteiger partial charge in [0, 0.05) is 18.3 Å². The smallest absolute Gasteiger partial charge is 0.234 e. The zero-order valence-electron chi connectivity index (χ0n) is 16.2. The van der Waals surface area contributed by atoms with Crippen LogP contribution in [-0.2, 0) is 11.8 Å². The number of carbonyl (C=O) groups excluding carboxylic acids is 1. The first-order chi connectivity index (χ1) is 14.6. The summed E-state index contributed by atoms with van der Waals surface area (Å²) < 4.78 is 1.84. The first-order valence-electron chi connectivity index (χ1n) is 9.34. The second kappa shape index (κ2) is 9.15. The number of nitrogens with one attached hydrogen (secondary N) is 1. The van der Waals surface area contributed by atoms with Crippen molar-refractivity contribution in [3.63, 3.8) is 0 Å². The summed E-state index contributed by atoms with van der Waals surface area (Å²) in [6, 6.07) is 25.4. The fourth-order valence-corrected chi connectivity index (χ4v) is 3.95. The molecule has 0 aliphatic carbocycles. The Labute approximate surface area is 184 Å². The number of carbonyl (C=O) groups is 1. The third-order valence-corrected chi connectivity index (χ3v) is 5.91. The highest BCUT2D eigenvalue weighted by Gasteiger charge is 2.15. The number of amides is 1. The largest absolute Gasteiger partial charge is 0.325 e. The number of halogens is 1. The average molecular weight is 435 g/mol. The summed E-state index contributed by atoms with van der Waals surface area (Å²) in [5.41, 5.74) is 3.82. The molecule has 3 aromatic carbocycles. The molecule has 1 amide bonds. The first-order valence-corrected chi connectivity index (χ1v) is 10.7. The van der Waals surface area contributed by atoms with Gasteiger partial charge in [0.05, 0.1) is 10.8 Å². The Hall–Kier alpha value is -3.09. The van der Waals surface area contributed by atoms with Gasteiger partial charge in [0.15, 0.2) is 11.0 Å². The summed E-state index contributed by atoms with van der Waals surface area (Å²) in [6.45, 7) is 0.